The van der Waals surface area contributed by atoms with Gasteiger partial charge in [0.25, 0.3) is 0 Å². The van der Waals surface area contributed by atoms with Gasteiger partial charge in [0.05, 0.1) is 22.4 Å². The lowest BCUT2D eigenvalue weighted by Gasteiger charge is -2.17. The van der Waals surface area contributed by atoms with E-state index in [1.165, 1.54) is 70.8 Å². The zero-order valence-corrected chi connectivity index (χ0v) is 30.2. The van der Waals surface area contributed by atoms with Gasteiger partial charge in [0.2, 0.25) is 0 Å². The molecule has 1 aliphatic rings. The average molecular weight is 702 g/mol. The molecule has 0 radical (unpaired) electrons. The van der Waals surface area contributed by atoms with Gasteiger partial charge in [-0.1, -0.05) is 146 Å². The lowest BCUT2D eigenvalue weighted by Crippen LogP contribution is -2.00. The molecule has 258 valence electrons. The first kappa shape index (κ1) is 31.4. The molecule has 0 bridgehead atoms. The van der Waals surface area contributed by atoms with Crippen molar-refractivity contribution in [2.45, 2.75) is 12.8 Å². The molecule has 2 heterocycles. The summed E-state index contributed by atoms with van der Waals surface area (Å²) in [4.78, 5) is 10.7. The van der Waals surface area contributed by atoms with Crippen LogP contribution in [0.4, 0.5) is 0 Å². The molecule has 0 unspecified atom stereocenters. The summed E-state index contributed by atoms with van der Waals surface area (Å²) in [5, 5.41) is 9.76. The van der Waals surface area contributed by atoms with Crippen LogP contribution in [0.1, 0.15) is 18.5 Å². The molecule has 2 aromatic heterocycles. The molecule has 55 heavy (non-hydrogen) atoms. The average Bonchev–Trinajstić information content (AvgIpc) is 3.60. The van der Waals surface area contributed by atoms with E-state index in [9.17, 15) is 0 Å². The van der Waals surface area contributed by atoms with Crippen LogP contribution in [0.15, 0.2) is 188 Å². The maximum Gasteiger partial charge on any atom is 0.161 e. The van der Waals surface area contributed by atoms with Gasteiger partial charge in [-0.05, 0) is 98.9 Å². The van der Waals surface area contributed by atoms with Crippen molar-refractivity contribution in [2.75, 3.05) is 0 Å². The largest absolute Gasteiger partial charge is 0.309 e. The summed E-state index contributed by atoms with van der Waals surface area (Å²) in [6, 6.07) is 61.4. The van der Waals surface area contributed by atoms with Crippen LogP contribution in [0.25, 0.3) is 99.2 Å². The van der Waals surface area contributed by atoms with Crippen molar-refractivity contribution in [3.63, 3.8) is 0 Å². The zero-order chi connectivity index (χ0) is 36.3. The van der Waals surface area contributed by atoms with Crippen LogP contribution in [-0.2, 0) is 0 Å². The number of rotatable bonds is 5. The fourth-order valence-electron chi connectivity index (χ4n) is 8.68. The highest BCUT2D eigenvalue weighted by atomic mass is 15.0. The van der Waals surface area contributed by atoms with Gasteiger partial charge >= 0.3 is 0 Å². The quantitative estimate of drug-likeness (QED) is 0.167. The van der Waals surface area contributed by atoms with E-state index in [0.29, 0.717) is 0 Å². The van der Waals surface area contributed by atoms with E-state index in [2.05, 4.69) is 193 Å². The number of hydrogen-bond acceptors (Lipinski definition) is 2. The van der Waals surface area contributed by atoms with E-state index in [1.54, 1.807) is 0 Å². The molecule has 0 atom stereocenters. The van der Waals surface area contributed by atoms with Gasteiger partial charge in [0, 0.05) is 33.0 Å². The van der Waals surface area contributed by atoms with Gasteiger partial charge in [-0.15, -0.1) is 0 Å². The van der Waals surface area contributed by atoms with Crippen LogP contribution >= 0.6 is 0 Å². The molecule has 0 saturated heterocycles. The highest BCUT2D eigenvalue weighted by Gasteiger charge is 2.19. The summed E-state index contributed by atoms with van der Waals surface area (Å²) < 4.78 is 2.37. The summed E-state index contributed by atoms with van der Waals surface area (Å²) in [5.74, 6) is 0.745. The van der Waals surface area contributed by atoms with Crippen LogP contribution in [0.3, 0.4) is 0 Å². The molecule has 10 aromatic rings. The molecule has 0 amide bonds. The van der Waals surface area contributed by atoms with Crippen LogP contribution in [0.2, 0.25) is 0 Å². The number of aromatic nitrogens is 3. The van der Waals surface area contributed by atoms with Crippen molar-refractivity contribution in [2.24, 2.45) is 0 Å². The van der Waals surface area contributed by atoms with Crippen molar-refractivity contribution in [3.05, 3.63) is 194 Å². The van der Waals surface area contributed by atoms with Crippen molar-refractivity contribution >= 4 is 59.7 Å². The molecule has 0 saturated carbocycles. The lowest BCUT2D eigenvalue weighted by atomic mass is 9.89. The van der Waals surface area contributed by atoms with E-state index in [4.69, 9.17) is 9.97 Å². The Morgan fingerprint density at radius 3 is 1.87 bits per heavy atom. The first-order valence-corrected chi connectivity index (χ1v) is 19.1. The summed E-state index contributed by atoms with van der Waals surface area (Å²) >= 11 is 0. The van der Waals surface area contributed by atoms with E-state index >= 15 is 0 Å². The SMILES string of the molecule is C1=CCCC(c2cc(-c3ccccc3)nc(-c3cccc4c5ccccc5c5ccc(-c6ccc7c(c6)c6ccccc6n7-c6ccccc6)cc5c34)n2)=C1. The lowest BCUT2D eigenvalue weighted by molar-refractivity contribution is 1.03. The number of allylic oxidation sites excluding steroid dienone is 4. The van der Waals surface area contributed by atoms with Crippen LogP contribution < -0.4 is 0 Å². The van der Waals surface area contributed by atoms with Gasteiger partial charge in [-0.2, -0.15) is 0 Å². The second kappa shape index (κ2) is 12.8. The van der Waals surface area contributed by atoms with Crippen molar-refractivity contribution < 1.29 is 0 Å². The Morgan fingerprint density at radius 1 is 0.436 bits per heavy atom. The van der Waals surface area contributed by atoms with Crippen molar-refractivity contribution in [1.29, 1.82) is 0 Å². The summed E-state index contributed by atoms with van der Waals surface area (Å²) in [7, 11) is 0. The summed E-state index contributed by atoms with van der Waals surface area (Å²) in [5.41, 5.74) is 11.2. The topological polar surface area (TPSA) is 30.7 Å². The molecule has 8 aromatic carbocycles. The fourth-order valence-corrected chi connectivity index (χ4v) is 8.68. The Morgan fingerprint density at radius 2 is 1.07 bits per heavy atom. The Labute approximate surface area is 319 Å². The third kappa shape index (κ3) is 5.20. The van der Waals surface area contributed by atoms with E-state index < -0.39 is 0 Å². The summed E-state index contributed by atoms with van der Waals surface area (Å²) in [6.07, 6.45) is 8.55. The van der Waals surface area contributed by atoms with Gasteiger partial charge in [-0.3, -0.25) is 0 Å². The Kier molecular flexibility index (Phi) is 7.31. The van der Waals surface area contributed by atoms with Crippen LogP contribution in [-0.4, -0.2) is 14.5 Å². The molecule has 0 fully saturated rings. The smallest absolute Gasteiger partial charge is 0.161 e. The van der Waals surface area contributed by atoms with Crippen molar-refractivity contribution in [1.82, 2.24) is 14.5 Å². The number of fused-ring (bicyclic) bond motifs is 9. The number of nitrogens with zero attached hydrogens (tertiary/aromatic N) is 3. The first-order chi connectivity index (χ1) is 27.3. The minimum absolute atomic E-state index is 0.745. The Hall–Kier alpha value is -7.10. The highest BCUT2D eigenvalue weighted by molar-refractivity contribution is 6.28. The van der Waals surface area contributed by atoms with E-state index in [1.807, 2.05) is 0 Å². The monoisotopic (exact) mass is 701 g/mol. The van der Waals surface area contributed by atoms with E-state index in [0.717, 1.165) is 46.9 Å². The summed E-state index contributed by atoms with van der Waals surface area (Å²) in [6.45, 7) is 0. The van der Waals surface area contributed by atoms with Crippen LogP contribution in [0, 0.1) is 0 Å². The Balaban J connectivity index is 1.17. The molecule has 3 nitrogen and oxygen atoms in total. The molecule has 0 N–H and O–H groups in total. The maximum atomic E-state index is 5.35. The number of benzene rings is 8. The molecular formula is C52H35N3. The molecule has 3 heteroatoms. The fraction of sp³-hybridized carbons (Fsp3) is 0.0385. The van der Waals surface area contributed by atoms with Gasteiger partial charge in [0.1, 0.15) is 0 Å². The van der Waals surface area contributed by atoms with Gasteiger partial charge < -0.3 is 4.57 Å². The van der Waals surface area contributed by atoms with Crippen molar-refractivity contribution in [3.8, 4) is 39.5 Å². The van der Waals surface area contributed by atoms with Gasteiger partial charge in [0.15, 0.2) is 5.82 Å². The normalized spacial score (nSPS) is 13.0. The van der Waals surface area contributed by atoms with E-state index in [-0.39, 0.29) is 0 Å². The Bertz CT molecular complexity index is 3190. The third-order valence-corrected chi connectivity index (χ3v) is 11.3. The van der Waals surface area contributed by atoms with Crippen LogP contribution in [0.5, 0.6) is 0 Å². The predicted molar refractivity (Wildman–Crippen MR) is 232 cm³/mol. The number of hydrogen-bond donors (Lipinski definition) is 0. The third-order valence-electron chi connectivity index (χ3n) is 11.3. The molecular weight excluding hydrogens is 667 g/mol. The maximum absolute atomic E-state index is 5.35. The second-order valence-corrected chi connectivity index (χ2v) is 14.4. The first-order valence-electron chi connectivity index (χ1n) is 19.1. The highest BCUT2D eigenvalue weighted by Crippen LogP contribution is 2.42. The minimum atomic E-state index is 0.745. The molecule has 1 aliphatic carbocycles. The molecule has 11 rings (SSSR count). The molecule has 0 spiro atoms. The standard InChI is InChI=1S/C52H35N3/c1-4-15-34(16-5-1)47-33-48(35-17-6-2-7-18-35)54-52(53-47)44-25-14-24-43-40-22-11-10-21-39(40)41-29-27-36(32-46(41)51(43)44)37-28-30-50-45(31-37)42-23-12-13-26-49(42)55(50)38-19-8-3-9-20-38/h1-6,8-17,19-33H,7,18H2. The minimum Gasteiger partial charge on any atom is -0.309 e. The van der Waals surface area contributed by atoms with Gasteiger partial charge in [-0.25, -0.2) is 9.97 Å². The zero-order valence-electron chi connectivity index (χ0n) is 30.2. The predicted octanol–water partition coefficient (Wildman–Crippen LogP) is 13.8. The number of para-hydroxylation sites is 2. The second-order valence-electron chi connectivity index (χ2n) is 14.4. The molecule has 0 aliphatic heterocycles.